The van der Waals surface area contributed by atoms with E-state index in [0.29, 0.717) is 10.5 Å². The van der Waals surface area contributed by atoms with Crippen LogP contribution in [-0.2, 0) is 19.6 Å². The molecule has 1 fully saturated rings. The van der Waals surface area contributed by atoms with E-state index in [0.717, 1.165) is 6.26 Å². The van der Waals surface area contributed by atoms with Crippen molar-refractivity contribution >= 4 is 27.9 Å². The lowest BCUT2D eigenvalue weighted by atomic mass is 10.0. The number of likely N-dealkylation sites (tertiary alicyclic amines) is 1. The Morgan fingerprint density at radius 2 is 1.91 bits per heavy atom. The molecule has 0 aliphatic carbocycles. The zero-order chi connectivity index (χ0) is 17.2. The van der Waals surface area contributed by atoms with Gasteiger partial charge in [0.05, 0.1) is 12.8 Å². The average Bonchev–Trinajstić information content (AvgIpc) is 2.48. The third-order valence-electron chi connectivity index (χ3n) is 3.20. The number of hydrogen-bond acceptors (Lipinski definition) is 6. The highest BCUT2D eigenvalue weighted by Crippen LogP contribution is 2.14. The van der Waals surface area contributed by atoms with Crippen LogP contribution >= 0.6 is 0 Å². The summed E-state index contributed by atoms with van der Waals surface area (Å²) in [6.07, 6.45) is 0.799. The second kappa shape index (κ2) is 6.34. The lowest BCUT2D eigenvalue weighted by Gasteiger charge is -2.36. The van der Waals surface area contributed by atoms with Gasteiger partial charge < -0.3 is 11.1 Å². The summed E-state index contributed by atoms with van der Waals surface area (Å²) in [5.74, 6) is -1.25. The Morgan fingerprint density at radius 3 is 2.43 bits per heavy atom. The molecule has 0 saturated carbocycles. The summed E-state index contributed by atoms with van der Waals surface area (Å²) in [5, 5.41) is 2.43. The fraction of sp³-hybridized carbons (Fsp3) is 0.308. The van der Waals surface area contributed by atoms with Gasteiger partial charge in [-0.05, 0) is 5.56 Å². The molecule has 0 bridgehead atoms. The number of nitrogens with two attached hydrogens (primary N) is 1. The SMILES string of the molecule is CS(=O)(=O)NC(=O)N1C[C@H](NC(=O)C(N)c2ccccc2)C1=O. The first-order chi connectivity index (χ1) is 10.7. The van der Waals surface area contributed by atoms with E-state index in [-0.39, 0.29) is 6.54 Å². The van der Waals surface area contributed by atoms with Gasteiger partial charge in [-0.15, -0.1) is 0 Å². The minimum Gasteiger partial charge on any atom is -0.341 e. The number of sulfonamides is 1. The highest BCUT2D eigenvalue weighted by atomic mass is 32.2. The number of imide groups is 1. The summed E-state index contributed by atoms with van der Waals surface area (Å²) in [4.78, 5) is 36.0. The summed E-state index contributed by atoms with van der Waals surface area (Å²) in [6.45, 7) is -0.118. The Bertz CT molecular complexity index is 734. The van der Waals surface area contributed by atoms with Gasteiger partial charge in [-0.3, -0.25) is 14.5 Å². The standard InChI is InChI=1S/C13H16N4O5S/c1-23(21,22)16-13(20)17-7-9(12(17)19)15-11(18)10(14)8-5-3-2-4-6-8/h2-6,9-10H,7,14H2,1H3,(H,15,18)(H,16,20)/t9-,10?/m0/s1. The van der Waals surface area contributed by atoms with E-state index in [1.807, 2.05) is 0 Å². The van der Waals surface area contributed by atoms with Crippen molar-refractivity contribution in [2.45, 2.75) is 12.1 Å². The van der Waals surface area contributed by atoms with E-state index < -0.39 is 40.0 Å². The van der Waals surface area contributed by atoms with Crippen molar-refractivity contribution < 1.29 is 22.8 Å². The van der Waals surface area contributed by atoms with Crippen LogP contribution in [0.4, 0.5) is 4.79 Å². The van der Waals surface area contributed by atoms with E-state index in [9.17, 15) is 22.8 Å². The molecular formula is C13H16N4O5S. The first-order valence-corrected chi connectivity index (χ1v) is 8.52. The second-order valence-electron chi connectivity index (χ2n) is 5.08. The molecule has 2 atom stereocenters. The van der Waals surface area contributed by atoms with Crippen molar-refractivity contribution in [2.24, 2.45) is 5.73 Å². The first-order valence-electron chi connectivity index (χ1n) is 6.63. The molecule has 1 aliphatic rings. The number of carbonyl (C=O) groups is 3. The fourth-order valence-corrected chi connectivity index (χ4v) is 2.43. The Hall–Kier alpha value is -2.46. The molecule has 1 aromatic carbocycles. The van der Waals surface area contributed by atoms with Gasteiger partial charge >= 0.3 is 6.03 Å². The molecule has 1 aliphatic heterocycles. The Balaban J connectivity index is 1.90. The number of amides is 4. The van der Waals surface area contributed by atoms with Gasteiger partial charge in [-0.1, -0.05) is 30.3 Å². The van der Waals surface area contributed by atoms with Crippen LogP contribution in [0.5, 0.6) is 0 Å². The highest BCUT2D eigenvalue weighted by Gasteiger charge is 2.42. The maximum atomic E-state index is 12.0. The molecule has 1 aromatic rings. The predicted molar refractivity (Wildman–Crippen MR) is 80.4 cm³/mol. The van der Waals surface area contributed by atoms with Gasteiger partial charge in [0.2, 0.25) is 15.9 Å². The van der Waals surface area contributed by atoms with Crippen molar-refractivity contribution in [3.05, 3.63) is 35.9 Å². The number of hydrogen-bond donors (Lipinski definition) is 3. The largest absolute Gasteiger partial charge is 0.341 e. The van der Waals surface area contributed by atoms with Crippen LogP contribution in [-0.4, -0.2) is 50.0 Å². The molecule has 9 nitrogen and oxygen atoms in total. The van der Waals surface area contributed by atoms with Gasteiger partial charge in [0.25, 0.3) is 5.91 Å². The molecule has 2 rings (SSSR count). The number of rotatable bonds is 4. The highest BCUT2D eigenvalue weighted by molar-refractivity contribution is 7.89. The number of benzene rings is 1. The molecule has 1 saturated heterocycles. The van der Waals surface area contributed by atoms with Crippen molar-refractivity contribution in [3.63, 3.8) is 0 Å². The second-order valence-corrected chi connectivity index (χ2v) is 6.83. The minimum atomic E-state index is -3.76. The van der Waals surface area contributed by atoms with E-state index >= 15 is 0 Å². The van der Waals surface area contributed by atoms with Crippen molar-refractivity contribution in [1.29, 1.82) is 0 Å². The van der Waals surface area contributed by atoms with Gasteiger partial charge in [-0.25, -0.2) is 17.9 Å². The van der Waals surface area contributed by atoms with Gasteiger partial charge in [0, 0.05) is 0 Å². The summed E-state index contributed by atoms with van der Waals surface area (Å²) >= 11 is 0. The topological polar surface area (TPSA) is 139 Å². The van der Waals surface area contributed by atoms with Gasteiger partial charge in [0.1, 0.15) is 12.1 Å². The third-order valence-corrected chi connectivity index (χ3v) is 3.75. The van der Waals surface area contributed by atoms with E-state index in [1.54, 1.807) is 35.1 Å². The van der Waals surface area contributed by atoms with Crippen LogP contribution in [0.15, 0.2) is 30.3 Å². The summed E-state index contributed by atoms with van der Waals surface area (Å²) in [6, 6.07) is 5.71. The van der Waals surface area contributed by atoms with Crippen LogP contribution in [0.3, 0.4) is 0 Å². The summed E-state index contributed by atoms with van der Waals surface area (Å²) < 4.78 is 23.6. The van der Waals surface area contributed by atoms with E-state index in [2.05, 4.69) is 5.32 Å². The normalized spacial score (nSPS) is 18.8. The zero-order valence-corrected chi connectivity index (χ0v) is 13.0. The molecule has 4 N–H and O–H groups in total. The maximum Gasteiger partial charge on any atom is 0.337 e. The summed E-state index contributed by atoms with van der Waals surface area (Å²) in [5.41, 5.74) is 6.38. The maximum absolute atomic E-state index is 12.0. The van der Waals surface area contributed by atoms with Crippen LogP contribution in [0, 0.1) is 0 Å². The zero-order valence-electron chi connectivity index (χ0n) is 12.2. The van der Waals surface area contributed by atoms with Crippen molar-refractivity contribution in [2.75, 3.05) is 12.8 Å². The Labute approximate surface area is 132 Å². The molecular weight excluding hydrogens is 324 g/mol. The van der Waals surface area contributed by atoms with Crippen LogP contribution in [0.1, 0.15) is 11.6 Å². The quantitative estimate of drug-likeness (QED) is 0.581. The van der Waals surface area contributed by atoms with Crippen molar-refractivity contribution in [3.8, 4) is 0 Å². The lowest BCUT2D eigenvalue weighted by molar-refractivity contribution is -0.142. The van der Waals surface area contributed by atoms with Gasteiger partial charge in [-0.2, -0.15) is 0 Å². The van der Waals surface area contributed by atoms with Gasteiger partial charge in [0.15, 0.2) is 0 Å². The Morgan fingerprint density at radius 1 is 1.30 bits per heavy atom. The fourth-order valence-electron chi connectivity index (χ4n) is 2.00. The van der Waals surface area contributed by atoms with Crippen LogP contribution < -0.4 is 15.8 Å². The molecule has 0 radical (unpaired) electrons. The first kappa shape index (κ1) is 16.9. The Kier molecular flexibility index (Phi) is 4.66. The number of β-lactam (4-membered cyclic amide) rings is 1. The minimum absolute atomic E-state index is 0.118. The number of urea groups is 1. The molecule has 23 heavy (non-hydrogen) atoms. The predicted octanol–water partition coefficient (Wildman–Crippen LogP) is -1.32. The van der Waals surface area contributed by atoms with Crippen LogP contribution in [0.25, 0.3) is 0 Å². The molecule has 0 spiro atoms. The number of nitrogens with zero attached hydrogens (tertiary/aromatic N) is 1. The smallest absolute Gasteiger partial charge is 0.337 e. The molecule has 4 amide bonds. The summed E-state index contributed by atoms with van der Waals surface area (Å²) in [7, 11) is -3.76. The van der Waals surface area contributed by atoms with E-state index in [4.69, 9.17) is 5.73 Å². The number of nitrogens with one attached hydrogen (secondary N) is 2. The molecule has 1 unspecified atom stereocenters. The molecule has 1 heterocycles. The molecule has 124 valence electrons. The van der Waals surface area contributed by atoms with E-state index in [1.165, 1.54) is 0 Å². The molecule has 0 aromatic heterocycles. The lowest BCUT2D eigenvalue weighted by Crippen LogP contribution is -2.67. The van der Waals surface area contributed by atoms with Crippen molar-refractivity contribution in [1.82, 2.24) is 14.9 Å². The number of carbonyl (C=O) groups excluding carboxylic acids is 3. The molecule has 10 heteroatoms. The monoisotopic (exact) mass is 340 g/mol. The average molecular weight is 340 g/mol. The third kappa shape index (κ3) is 4.05. The van der Waals surface area contributed by atoms with Crippen LogP contribution in [0.2, 0.25) is 0 Å².